The van der Waals surface area contributed by atoms with Crippen molar-refractivity contribution in [3.8, 4) is 0 Å². The zero-order valence-electron chi connectivity index (χ0n) is 9.99. The average molecular weight is 376 g/mol. The summed E-state index contributed by atoms with van der Waals surface area (Å²) in [5, 5.41) is 5.05. The van der Waals surface area contributed by atoms with Crippen molar-refractivity contribution in [2.45, 2.75) is 38.2 Å². The molecule has 0 aromatic heterocycles. The molecule has 18 heavy (non-hydrogen) atoms. The molecule has 0 unspecified atom stereocenters. The molecule has 1 aliphatic rings. The highest BCUT2D eigenvalue weighted by Crippen LogP contribution is 2.17. The fourth-order valence-electron chi connectivity index (χ4n) is 1.73. The fraction of sp³-hybridized carbons (Fsp3) is 0.800. The third kappa shape index (κ3) is 7.62. The fourth-order valence-corrected chi connectivity index (χ4v) is 1.73. The topological polar surface area (TPSA) is 79.5 Å². The third-order valence-corrected chi connectivity index (χ3v) is 2.55. The van der Waals surface area contributed by atoms with Crippen LogP contribution in [0.3, 0.4) is 0 Å². The lowest BCUT2D eigenvalue weighted by Gasteiger charge is -2.12. The summed E-state index contributed by atoms with van der Waals surface area (Å²) in [6, 6.07) is 0.322. The maximum atomic E-state index is 11.8. The predicted molar refractivity (Wildman–Crippen MR) is 76.3 cm³/mol. The molecule has 0 spiro atoms. The van der Waals surface area contributed by atoms with Crippen LogP contribution in [0.2, 0.25) is 0 Å². The number of guanidine groups is 1. The number of rotatable bonds is 5. The normalized spacial score (nSPS) is 16.5. The molecule has 8 heteroatoms. The summed E-state index contributed by atoms with van der Waals surface area (Å²) in [6.07, 6.45) is 1.89. The highest BCUT2D eigenvalue weighted by molar-refractivity contribution is 14.0. The Morgan fingerprint density at radius 3 is 2.56 bits per heavy atom. The summed E-state index contributed by atoms with van der Waals surface area (Å²) in [5.41, 5.74) is 5.57. The van der Waals surface area contributed by atoms with Crippen molar-refractivity contribution in [2.24, 2.45) is 10.7 Å². The maximum absolute atomic E-state index is 11.8. The van der Waals surface area contributed by atoms with Crippen molar-refractivity contribution in [3.63, 3.8) is 0 Å². The van der Waals surface area contributed by atoms with Crippen LogP contribution in [0.4, 0.5) is 8.78 Å². The molecule has 0 atom stereocenters. The van der Waals surface area contributed by atoms with Gasteiger partial charge in [0.25, 0.3) is 6.43 Å². The molecule has 0 bridgehead atoms. The molecular formula is C10H19F2IN4O. The number of hydrogen-bond donors (Lipinski definition) is 3. The monoisotopic (exact) mass is 376 g/mol. The summed E-state index contributed by atoms with van der Waals surface area (Å²) < 4.78 is 23.6. The number of hydrogen-bond acceptors (Lipinski definition) is 2. The number of nitrogens with one attached hydrogen (secondary N) is 2. The SMILES string of the molecule is I.NC(=NCC(=O)NCC(F)F)NC1CCCC1. The van der Waals surface area contributed by atoms with Crippen molar-refractivity contribution in [1.29, 1.82) is 0 Å². The van der Waals surface area contributed by atoms with Crippen molar-refractivity contribution < 1.29 is 13.6 Å². The second-order valence-corrected chi connectivity index (χ2v) is 4.02. The first-order chi connectivity index (χ1) is 8.08. The van der Waals surface area contributed by atoms with Crippen LogP contribution < -0.4 is 16.4 Å². The molecule has 1 amide bonds. The lowest BCUT2D eigenvalue weighted by Crippen LogP contribution is -2.39. The van der Waals surface area contributed by atoms with Crippen molar-refractivity contribution in [2.75, 3.05) is 13.1 Å². The van der Waals surface area contributed by atoms with Gasteiger partial charge in [-0.25, -0.2) is 13.8 Å². The average Bonchev–Trinajstić information content (AvgIpc) is 2.76. The molecule has 1 fully saturated rings. The van der Waals surface area contributed by atoms with E-state index in [2.05, 4.69) is 15.6 Å². The molecule has 106 valence electrons. The van der Waals surface area contributed by atoms with Crippen molar-refractivity contribution in [1.82, 2.24) is 10.6 Å². The van der Waals surface area contributed by atoms with Gasteiger partial charge in [0.05, 0.1) is 6.54 Å². The van der Waals surface area contributed by atoms with E-state index in [-0.39, 0.29) is 36.5 Å². The van der Waals surface area contributed by atoms with Gasteiger partial charge < -0.3 is 16.4 Å². The molecule has 0 aromatic rings. The lowest BCUT2D eigenvalue weighted by atomic mass is 10.2. The molecule has 1 saturated carbocycles. The van der Waals surface area contributed by atoms with Crippen LogP contribution in [0.1, 0.15) is 25.7 Å². The van der Waals surface area contributed by atoms with Crippen LogP contribution in [0.25, 0.3) is 0 Å². The van der Waals surface area contributed by atoms with Gasteiger partial charge in [0, 0.05) is 6.04 Å². The van der Waals surface area contributed by atoms with Crippen LogP contribution in [0.15, 0.2) is 4.99 Å². The number of nitrogens with zero attached hydrogens (tertiary/aromatic N) is 1. The largest absolute Gasteiger partial charge is 0.370 e. The van der Waals surface area contributed by atoms with Gasteiger partial charge in [-0.15, -0.1) is 24.0 Å². The number of carbonyl (C=O) groups is 1. The molecule has 0 aliphatic heterocycles. The highest BCUT2D eigenvalue weighted by atomic mass is 127. The van der Waals surface area contributed by atoms with Gasteiger partial charge in [0.1, 0.15) is 6.54 Å². The highest BCUT2D eigenvalue weighted by Gasteiger charge is 2.14. The summed E-state index contributed by atoms with van der Waals surface area (Å²) in [7, 11) is 0. The Balaban J connectivity index is 0.00000289. The molecule has 0 aromatic carbocycles. The molecular weight excluding hydrogens is 357 g/mol. The molecule has 0 saturated heterocycles. The molecule has 5 nitrogen and oxygen atoms in total. The van der Waals surface area contributed by atoms with Gasteiger partial charge in [0.2, 0.25) is 5.91 Å². The summed E-state index contributed by atoms with van der Waals surface area (Å²) in [6.45, 7) is -0.872. The van der Waals surface area contributed by atoms with Crippen molar-refractivity contribution >= 4 is 35.8 Å². The van der Waals surface area contributed by atoms with E-state index in [9.17, 15) is 13.6 Å². The summed E-state index contributed by atoms with van der Waals surface area (Å²) >= 11 is 0. The second kappa shape index (κ2) is 9.29. The standard InChI is InChI=1S/C10H18F2N4O.HI/c11-8(12)5-14-9(17)6-15-10(13)16-7-3-1-2-4-7;/h7-8H,1-6H2,(H,14,17)(H3,13,15,16);1H. The van der Waals surface area contributed by atoms with E-state index in [4.69, 9.17) is 5.73 Å². The Hall–Kier alpha value is -0.670. The van der Waals surface area contributed by atoms with E-state index in [0.29, 0.717) is 6.04 Å². The number of alkyl halides is 2. The van der Waals surface area contributed by atoms with Crippen LogP contribution in [-0.4, -0.2) is 37.4 Å². The van der Waals surface area contributed by atoms with E-state index in [1.165, 1.54) is 12.8 Å². The number of carbonyl (C=O) groups excluding carboxylic acids is 1. The molecule has 0 radical (unpaired) electrons. The first-order valence-electron chi connectivity index (χ1n) is 5.69. The Kier molecular flexibility index (Phi) is 8.94. The minimum absolute atomic E-state index is 0. The van der Waals surface area contributed by atoms with Gasteiger partial charge in [-0.05, 0) is 12.8 Å². The Bertz CT molecular complexity index is 283. The van der Waals surface area contributed by atoms with Gasteiger partial charge in [-0.2, -0.15) is 0 Å². The Morgan fingerprint density at radius 1 is 1.39 bits per heavy atom. The van der Waals surface area contributed by atoms with E-state index in [1.807, 2.05) is 0 Å². The first-order valence-corrected chi connectivity index (χ1v) is 5.69. The number of halogens is 3. The number of amides is 1. The quantitative estimate of drug-likeness (QED) is 0.378. The van der Waals surface area contributed by atoms with Gasteiger partial charge in [-0.1, -0.05) is 12.8 Å². The van der Waals surface area contributed by atoms with Gasteiger partial charge in [-0.3, -0.25) is 4.79 Å². The maximum Gasteiger partial charge on any atom is 0.255 e. The zero-order chi connectivity index (χ0) is 12.7. The van der Waals surface area contributed by atoms with Crippen molar-refractivity contribution in [3.05, 3.63) is 0 Å². The minimum atomic E-state index is -2.54. The smallest absolute Gasteiger partial charge is 0.255 e. The number of aliphatic imine (C=N–C) groups is 1. The summed E-state index contributed by atoms with van der Waals surface area (Å²) in [4.78, 5) is 14.8. The summed E-state index contributed by atoms with van der Waals surface area (Å²) in [5.74, 6) is -0.356. The second-order valence-electron chi connectivity index (χ2n) is 4.02. The van der Waals surface area contributed by atoms with Gasteiger partial charge >= 0.3 is 0 Å². The van der Waals surface area contributed by atoms with E-state index in [1.54, 1.807) is 0 Å². The predicted octanol–water partition coefficient (Wildman–Crippen LogP) is 0.833. The van der Waals surface area contributed by atoms with Gasteiger partial charge in [0.15, 0.2) is 5.96 Å². The lowest BCUT2D eigenvalue weighted by molar-refractivity contribution is -0.120. The minimum Gasteiger partial charge on any atom is -0.370 e. The Morgan fingerprint density at radius 2 is 2.00 bits per heavy atom. The third-order valence-electron chi connectivity index (χ3n) is 2.55. The Labute approximate surface area is 122 Å². The first kappa shape index (κ1) is 17.3. The van der Waals surface area contributed by atoms with E-state index in [0.717, 1.165) is 12.8 Å². The molecule has 1 aliphatic carbocycles. The number of nitrogens with two attached hydrogens (primary N) is 1. The van der Waals surface area contributed by atoms with Crippen LogP contribution in [-0.2, 0) is 4.79 Å². The zero-order valence-corrected chi connectivity index (χ0v) is 12.3. The van der Waals surface area contributed by atoms with E-state index >= 15 is 0 Å². The van der Waals surface area contributed by atoms with E-state index < -0.39 is 18.9 Å². The molecule has 4 N–H and O–H groups in total. The molecule has 0 heterocycles. The van der Waals surface area contributed by atoms with Crippen LogP contribution >= 0.6 is 24.0 Å². The van der Waals surface area contributed by atoms with Crippen LogP contribution in [0.5, 0.6) is 0 Å². The molecule has 1 rings (SSSR count). The van der Waals surface area contributed by atoms with Crippen LogP contribution in [0, 0.1) is 0 Å².